The number of nitrogens with one attached hydrogen (secondary N) is 1. The van der Waals surface area contributed by atoms with Crippen molar-refractivity contribution in [3.63, 3.8) is 0 Å². The molecule has 9 heteroatoms. The average Bonchev–Trinajstić information content (AvgIpc) is 3.06. The molecular weight excluding hydrogens is 388 g/mol. The largest absolute Gasteiger partial charge is 0.351 e. The SMILES string of the molecule is C[C@@H]1CN(c2ncnc3c2C2(CCC2)CN3c2cc(C#N)cnn2)[C@@H](C)CN1.Cl. The van der Waals surface area contributed by atoms with E-state index in [4.69, 9.17) is 4.98 Å². The molecule has 5 rings (SSSR count). The molecule has 1 aliphatic carbocycles. The van der Waals surface area contributed by atoms with Crippen LogP contribution in [0.1, 0.15) is 44.2 Å². The minimum absolute atomic E-state index is 0. The van der Waals surface area contributed by atoms with E-state index in [1.54, 1.807) is 12.4 Å². The third-order valence-electron chi connectivity index (χ3n) is 6.45. The number of halogens is 1. The minimum Gasteiger partial charge on any atom is -0.351 e. The first-order chi connectivity index (χ1) is 13.6. The highest BCUT2D eigenvalue weighted by Gasteiger charge is 2.51. The second-order valence-electron chi connectivity index (χ2n) is 8.34. The zero-order chi connectivity index (χ0) is 19.3. The molecule has 2 fully saturated rings. The topological polar surface area (TPSA) is 93.9 Å². The lowest BCUT2D eigenvalue weighted by Gasteiger charge is -2.43. The lowest BCUT2D eigenvalue weighted by Crippen LogP contribution is -2.55. The van der Waals surface area contributed by atoms with E-state index in [1.165, 1.54) is 18.2 Å². The summed E-state index contributed by atoms with van der Waals surface area (Å²) in [6, 6.07) is 4.76. The number of nitriles is 1. The van der Waals surface area contributed by atoms with E-state index >= 15 is 0 Å². The van der Waals surface area contributed by atoms with Gasteiger partial charge in [0.25, 0.3) is 0 Å². The number of hydrogen-bond donors (Lipinski definition) is 1. The highest BCUT2D eigenvalue weighted by atomic mass is 35.5. The molecule has 0 aromatic carbocycles. The molecule has 1 saturated carbocycles. The van der Waals surface area contributed by atoms with Crippen molar-refractivity contribution in [1.82, 2.24) is 25.5 Å². The first-order valence-corrected chi connectivity index (χ1v) is 9.97. The van der Waals surface area contributed by atoms with Crippen LogP contribution in [0, 0.1) is 11.3 Å². The van der Waals surface area contributed by atoms with Crippen LogP contribution in [0.5, 0.6) is 0 Å². The van der Waals surface area contributed by atoms with Crippen molar-refractivity contribution < 1.29 is 0 Å². The molecule has 0 amide bonds. The number of nitrogens with zero attached hydrogens (tertiary/aromatic N) is 7. The Kier molecular flexibility index (Phi) is 5.05. The van der Waals surface area contributed by atoms with Crippen molar-refractivity contribution in [3.8, 4) is 6.07 Å². The Morgan fingerprint density at radius 3 is 2.76 bits per heavy atom. The van der Waals surface area contributed by atoms with Crippen LogP contribution in [0.4, 0.5) is 17.5 Å². The summed E-state index contributed by atoms with van der Waals surface area (Å²) in [5.74, 6) is 2.68. The van der Waals surface area contributed by atoms with Gasteiger partial charge in [-0.05, 0) is 26.7 Å². The van der Waals surface area contributed by atoms with E-state index in [1.807, 2.05) is 0 Å². The van der Waals surface area contributed by atoms with Gasteiger partial charge in [0.05, 0.1) is 11.8 Å². The Morgan fingerprint density at radius 1 is 1.24 bits per heavy atom. The maximum atomic E-state index is 9.25. The summed E-state index contributed by atoms with van der Waals surface area (Å²) >= 11 is 0. The fourth-order valence-electron chi connectivity index (χ4n) is 4.79. The van der Waals surface area contributed by atoms with Gasteiger partial charge in [-0.25, -0.2) is 9.97 Å². The number of fused-ring (bicyclic) bond motifs is 2. The van der Waals surface area contributed by atoms with E-state index in [2.05, 4.69) is 50.2 Å². The second kappa shape index (κ2) is 7.39. The minimum atomic E-state index is 0. The first-order valence-electron chi connectivity index (χ1n) is 9.97. The molecule has 0 unspecified atom stereocenters. The summed E-state index contributed by atoms with van der Waals surface area (Å²) in [7, 11) is 0. The van der Waals surface area contributed by atoms with Gasteiger partial charge < -0.3 is 15.1 Å². The molecule has 2 aromatic heterocycles. The smallest absolute Gasteiger partial charge is 0.158 e. The van der Waals surface area contributed by atoms with Gasteiger partial charge in [0, 0.05) is 48.8 Å². The van der Waals surface area contributed by atoms with Crippen molar-refractivity contribution in [2.24, 2.45) is 0 Å². The summed E-state index contributed by atoms with van der Waals surface area (Å²) in [4.78, 5) is 14.0. The lowest BCUT2D eigenvalue weighted by molar-refractivity contribution is 0.265. The molecule has 152 valence electrons. The maximum absolute atomic E-state index is 9.25. The number of anilines is 3. The van der Waals surface area contributed by atoms with Gasteiger partial charge in [-0.15, -0.1) is 17.5 Å². The summed E-state index contributed by atoms with van der Waals surface area (Å²) < 4.78 is 0. The van der Waals surface area contributed by atoms with Gasteiger partial charge in [-0.1, -0.05) is 6.42 Å². The zero-order valence-electron chi connectivity index (χ0n) is 16.7. The highest BCUT2D eigenvalue weighted by molar-refractivity contribution is 5.85. The van der Waals surface area contributed by atoms with E-state index in [0.29, 0.717) is 23.5 Å². The number of hydrogen-bond acceptors (Lipinski definition) is 8. The number of rotatable bonds is 2. The summed E-state index contributed by atoms with van der Waals surface area (Å²) in [6.07, 6.45) is 6.66. The molecule has 1 N–H and O–H groups in total. The van der Waals surface area contributed by atoms with Gasteiger partial charge in [0.1, 0.15) is 24.0 Å². The van der Waals surface area contributed by atoms with Crippen LogP contribution < -0.4 is 15.1 Å². The third-order valence-corrected chi connectivity index (χ3v) is 6.45. The Hall–Kier alpha value is -2.50. The fraction of sp³-hybridized carbons (Fsp3) is 0.550. The highest BCUT2D eigenvalue weighted by Crippen LogP contribution is 2.56. The standard InChI is InChI=1S/C20H24N8.ClH/c1-13-10-27(14(2)8-22-13)18-17-19(24-12-23-18)28(11-20(17)4-3-5-20)16-6-15(7-21)9-25-26-16;/h6,9,12-14,22H,3-5,8,10-11H2,1-2H3;1H/t13-,14+;/m1./s1. The van der Waals surface area contributed by atoms with Gasteiger partial charge in [0.2, 0.25) is 0 Å². The maximum Gasteiger partial charge on any atom is 0.158 e. The van der Waals surface area contributed by atoms with E-state index in [0.717, 1.165) is 44.1 Å². The molecule has 4 heterocycles. The molecule has 2 aliphatic heterocycles. The van der Waals surface area contributed by atoms with Crippen LogP contribution in [0.25, 0.3) is 0 Å². The quantitative estimate of drug-likeness (QED) is 0.803. The zero-order valence-corrected chi connectivity index (χ0v) is 17.5. The molecule has 29 heavy (non-hydrogen) atoms. The molecular formula is C20H25ClN8. The van der Waals surface area contributed by atoms with Crippen LogP contribution in [-0.2, 0) is 5.41 Å². The Balaban J connectivity index is 0.00000205. The summed E-state index contributed by atoms with van der Waals surface area (Å²) in [5, 5.41) is 21.1. The van der Waals surface area contributed by atoms with E-state index in [-0.39, 0.29) is 17.8 Å². The van der Waals surface area contributed by atoms with Gasteiger partial charge in [-0.3, -0.25) is 0 Å². The number of aromatic nitrogens is 4. The Morgan fingerprint density at radius 2 is 2.03 bits per heavy atom. The van der Waals surface area contributed by atoms with Crippen LogP contribution in [0.2, 0.25) is 0 Å². The van der Waals surface area contributed by atoms with Crippen LogP contribution >= 0.6 is 12.4 Å². The molecule has 3 aliphatic rings. The molecule has 1 saturated heterocycles. The molecule has 1 spiro atoms. The summed E-state index contributed by atoms with van der Waals surface area (Å²) in [5.41, 5.74) is 1.84. The first kappa shape index (κ1) is 19.8. The van der Waals surface area contributed by atoms with E-state index < -0.39 is 0 Å². The van der Waals surface area contributed by atoms with Gasteiger partial charge in [0.15, 0.2) is 5.82 Å². The third kappa shape index (κ3) is 3.09. The predicted molar refractivity (Wildman–Crippen MR) is 113 cm³/mol. The van der Waals surface area contributed by atoms with E-state index in [9.17, 15) is 5.26 Å². The normalized spacial score (nSPS) is 24.4. The van der Waals surface area contributed by atoms with Crippen molar-refractivity contribution >= 4 is 29.9 Å². The van der Waals surface area contributed by atoms with Gasteiger partial charge in [-0.2, -0.15) is 10.4 Å². The van der Waals surface area contributed by atoms with Crippen molar-refractivity contribution in [3.05, 3.63) is 29.7 Å². The van der Waals surface area contributed by atoms with Crippen molar-refractivity contribution in [2.75, 3.05) is 29.4 Å². The molecule has 2 atom stereocenters. The van der Waals surface area contributed by atoms with Crippen LogP contribution in [-0.4, -0.2) is 51.9 Å². The van der Waals surface area contributed by atoms with Gasteiger partial charge >= 0.3 is 0 Å². The predicted octanol–water partition coefficient (Wildman–Crippen LogP) is 2.32. The van der Waals surface area contributed by atoms with Crippen LogP contribution in [0.15, 0.2) is 18.6 Å². The van der Waals surface area contributed by atoms with Crippen LogP contribution in [0.3, 0.4) is 0 Å². The fourth-order valence-corrected chi connectivity index (χ4v) is 4.79. The molecule has 8 nitrogen and oxygen atoms in total. The van der Waals surface area contributed by atoms with Crippen molar-refractivity contribution in [1.29, 1.82) is 5.26 Å². The Bertz CT molecular complexity index is 954. The Labute approximate surface area is 176 Å². The monoisotopic (exact) mass is 412 g/mol. The molecule has 0 bridgehead atoms. The number of piperazine rings is 1. The second-order valence-corrected chi connectivity index (χ2v) is 8.34. The lowest BCUT2D eigenvalue weighted by atomic mass is 9.66. The average molecular weight is 413 g/mol. The summed E-state index contributed by atoms with van der Waals surface area (Å²) in [6.45, 7) is 7.18. The molecule has 0 radical (unpaired) electrons. The van der Waals surface area contributed by atoms with Crippen molar-refractivity contribution in [2.45, 2.75) is 50.6 Å². The molecule has 2 aromatic rings.